The number of hydrogen-bond acceptors (Lipinski definition) is 5. The number of carbonyl (C=O) groups is 1. The van der Waals surface area contributed by atoms with E-state index in [0.29, 0.717) is 23.5 Å². The summed E-state index contributed by atoms with van der Waals surface area (Å²) < 4.78 is 4.97. The molecule has 5 N–H and O–H groups in total. The molecule has 0 aromatic heterocycles. The molecule has 0 heterocycles. The molecule has 0 aliphatic rings. The van der Waals surface area contributed by atoms with Crippen LogP contribution in [0.15, 0.2) is 18.2 Å². The number of nitrogen functional groups attached to an aromatic ring is 1. The average Bonchev–Trinajstić information content (AvgIpc) is 2.37. The van der Waals surface area contributed by atoms with Crippen LogP contribution in [-0.2, 0) is 4.74 Å². The summed E-state index contributed by atoms with van der Waals surface area (Å²) in [4.78, 5) is 11.7. The van der Waals surface area contributed by atoms with Crippen LogP contribution in [0.4, 0.5) is 11.4 Å². The molecule has 0 aliphatic carbocycles. The van der Waals surface area contributed by atoms with E-state index in [-0.39, 0.29) is 18.6 Å². The van der Waals surface area contributed by atoms with Crippen LogP contribution in [0.25, 0.3) is 0 Å². The van der Waals surface area contributed by atoms with Crippen molar-refractivity contribution in [2.45, 2.75) is 6.04 Å². The predicted molar refractivity (Wildman–Crippen MR) is 70.6 cm³/mol. The predicted octanol–water partition coefficient (Wildman–Crippen LogP) is 0.0476. The van der Waals surface area contributed by atoms with Gasteiger partial charge in [-0.25, -0.2) is 0 Å². The number of amides is 1. The van der Waals surface area contributed by atoms with Gasteiger partial charge in [0.15, 0.2) is 0 Å². The second kappa shape index (κ2) is 6.83. The number of methoxy groups -OCH3 is 1. The fourth-order valence-electron chi connectivity index (χ4n) is 1.58. The minimum atomic E-state index is -0.291. The summed E-state index contributed by atoms with van der Waals surface area (Å²) in [5, 5.41) is 14.8. The molecule has 1 aromatic rings. The Hall–Kier alpha value is -1.79. The Kier molecular flexibility index (Phi) is 5.41. The molecule has 6 heteroatoms. The smallest absolute Gasteiger partial charge is 0.253 e. The van der Waals surface area contributed by atoms with E-state index >= 15 is 0 Å². The van der Waals surface area contributed by atoms with Crippen molar-refractivity contribution >= 4 is 17.3 Å². The summed E-state index contributed by atoms with van der Waals surface area (Å²) in [7, 11) is 3.10. The Balaban J connectivity index is 2.97. The number of aliphatic hydroxyl groups excluding tert-OH is 1. The molecule has 0 fully saturated rings. The quantitative estimate of drug-likeness (QED) is 0.537. The zero-order valence-corrected chi connectivity index (χ0v) is 10.6. The second-order valence-corrected chi connectivity index (χ2v) is 3.86. The lowest BCUT2D eigenvalue weighted by molar-refractivity contribution is 0.0963. The molecule has 0 radical (unpaired) electrons. The molecule has 0 saturated heterocycles. The van der Waals surface area contributed by atoms with Crippen molar-refractivity contribution in [1.82, 2.24) is 5.32 Å². The molecule has 1 amide bonds. The Labute approximate surface area is 106 Å². The maximum atomic E-state index is 11.7. The largest absolute Gasteiger partial charge is 0.399 e. The lowest BCUT2D eigenvalue weighted by atomic mass is 10.1. The minimum absolute atomic E-state index is 0.101. The van der Waals surface area contributed by atoms with Gasteiger partial charge in [0.2, 0.25) is 0 Å². The van der Waals surface area contributed by atoms with Crippen molar-refractivity contribution in [3.8, 4) is 0 Å². The Morgan fingerprint density at radius 1 is 1.56 bits per heavy atom. The Morgan fingerprint density at radius 3 is 2.83 bits per heavy atom. The third-order valence-electron chi connectivity index (χ3n) is 2.46. The first kappa shape index (κ1) is 14.3. The first-order valence-corrected chi connectivity index (χ1v) is 5.60. The number of anilines is 2. The molecule has 0 bridgehead atoms. The molecular formula is C12H19N3O3. The van der Waals surface area contributed by atoms with Crippen LogP contribution in [0, 0.1) is 0 Å². The number of ether oxygens (including phenoxy) is 1. The lowest BCUT2D eigenvalue weighted by Crippen LogP contribution is -2.30. The first-order chi connectivity index (χ1) is 8.62. The highest BCUT2D eigenvalue weighted by atomic mass is 16.5. The molecule has 6 nitrogen and oxygen atoms in total. The molecule has 0 spiro atoms. The standard InChI is InChI=1S/C12H19N3O3/c1-14-12(17)10-4-3-8(13)5-11(10)15-9(6-16)7-18-2/h3-5,9,15-16H,6-7,13H2,1-2H3,(H,14,17). The van der Waals surface area contributed by atoms with E-state index in [1.807, 2.05) is 0 Å². The van der Waals surface area contributed by atoms with E-state index in [1.54, 1.807) is 32.4 Å². The monoisotopic (exact) mass is 253 g/mol. The average molecular weight is 253 g/mol. The van der Waals surface area contributed by atoms with Crippen molar-refractivity contribution < 1.29 is 14.6 Å². The maximum absolute atomic E-state index is 11.7. The number of rotatable bonds is 6. The van der Waals surface area contributed by atoms with E-state index in [9.17, 15) is 9.90 Å². The zero-order valence-electron chi connectivity index (χ0n) is 10.6. The van der Waals surface area contributed by atoms with Crippen molar-refractivity contribution in [3.63, 3.8) is 0 Å². The van der Waals surface area contributed by atoms with Gasteiger partial charge in [0.25, 0.3) is 5.91 Å². The fourth-order valence-corrected chi connectivity index (χ4v) is 1.58. The topological polar surface area (TPSA) is 96.6 Å². The number of nitrogens with one attached hydrogen (secondary N) is 2. The summed E-state index contributed by atoms with van der Waals surface area (Å²) >= 11 is 0. The highest BCUT2D eigenvalue weighted by Crippen LogP contribution is 2.20. The van der Waals surface area contributed by atoms with Crippen LogP contribution < -0.4 is 16.4 Å². The Bertz CT molecular complexity index is 410. The summed E-state index contributed by atoms with van der Waals surface area (Å²) in [5.41, 5.74) is 7.28. The summed E-state index contributed by atoms with van der Waals surface area (Å²) in [6.45, 7) is 0.230. The van der Waals surface area contributed by atoms with Gasteiger partial charge < -0.3 is 26.2 Å². The van der Waals surface area contributed by atoms with Gasteiger partial charge in [-0.1, -0.05) is 0 Å². The lowest BCUT2D eigenvalue weighted by Gasteiger charge is -2.19. The summed E-state index contributed by atoms with van der Waals surface area (Å²) in [6.07, 6.45) is 0. The zero-order chi connectivity index (χ0) is 13.5. The van der Waals surface area contributed by atoms with Crippen LogP contribution >= 0.6 is 0 Å². The molecule has 18 heavy (non-hydrogen) atoms. The number of nitrogens with two attached hydrogens (primary N) is 1. The molecule has 1 rings (SSSR count). The first-order valence-electron chi connectivity index (χ1n) is 5.60. The second-order valence-electron chi connectivity index (χ2n) is 3.86. The van der Waals surface area contributed by atoms with Crippen molar-refractivity contribution in [2.24, 2.45) is 0 Å². The minimum Gasteiger partial charge on any atom is -0.399 e. The van der Waals surface area contributed by atoms with Gasteiger partial charge in [0, 0.05) is 25.5 Å². The van der Waals surface area contributed by atoms with Crippen LogP contribution in [0.3, 0.4) is 0 Å². The fraction of sp³-hybridized carbons (Fsp3) is 0.417. The van der Waals surface area contributed by atoms with Crippen LogP contribution in [0.1, 0.15) is 10.4 Å². The van der Waals surface area contributed by atoms with Gasteiger partial charge in [-0.2, -0.15) is 0 Å². The molecular weight excluding hydrogens is 234 g/mol. The highest BCUT2D eigenvalue weighted by molar-refractivity contribution is 6.00. The van der Waals surface area contributed by atoms with Gasteiger partial charge in [-0.15, -0.1) is 0 Å². The molecule has 0 saturated carbocycles. The van der Waals surface area contributed by atoms with E-state index in [2.05, 4.69) is 10.6 Å². The Morgan fingerprint density at radius 2 is 2.28 bits per heavy atom. The maximum Gasteiger partial charge on any atom is 0.253 e. The molecule has 1 atom stereocenters. The van der Waals surface area contributed by atoms with Gasteiger partial charge in [0.05, 0.1) is 24.8 Å². The van der Waals surface area contributed by atoms with Crippen molar-refractivity contribution in [2.75, 3.05) is 38.4 Å². The normalized spacial score (nSPS) is 11.9. The summed E-state index contributed by atoms with van der Waals surface area (Å²) in [6, 6.07) is 4.65. The number of benzene rings is 1. The molecule has 1 aromatic carbocycles. The third-order valence-corrected chi connectivity index (χ3v) is 2.46. The number of carbonyl (C=O) groups excluding carboxylic acids is 1. The number of aliphatic hydroxyl groups is 1. The van der Waals surface area contributed by atoms with Gasteiger partial charge in [-0.3, -0.25) is 4.79 Å². The highest BCUT2D eigenvalue weighted by Gasteiger charge is 2.14. The van der Waals surface area contributed by atoms with Crippen LogP contribution in [-0.4, -0.2) is 44.4 Å². The number of hydrogen-bond donors (Lipinski definition) is 4. The van der Waals surface area contributed by atoms with Gasteiger partial charge in [-0.05, 0) is 18.2 Å². The van der Waals surface area contributed by atoms with Crippen LogP contribution in [0.2, 0.25) is 0 Å². The van der Waals surface area contributed by atoms with E-state index in [4.69, 9.17) is 10.5 Å². The third kappa shape index (κ3) is 3.61. The van der Waals surface area contributed by atoms with Crippen molar-refractivity contribution in [1.29, 1.82) is 0 Å². The van der Waals surface area contributed by atoms with Gasteiger partial charge >= 0.3 is 0 Å². The molecule has 1 unspecified atom stereocenters. The summed E-state index contributed by atoms with van der Waals surface area (Å²) in [5.74, 6) is -0.216. The van der Waals surface area contributed by atoms with Crippen LogP contribution in [0.5, 0.6) is 0 Å². The SMILES string of the molecule is CNC(=O)c1ccc(N)cc1NC(CO)COC. The molecule has 0 aliphatic heterocycles. The van der Waals surface area contributed by atoms with Crippen molar-refractivity contribution in [3.05, 3.63) is 23.8 Å². The van der Waals surface area contributed by atoms with E-state index in [1.165, 1.54) is 0 Å². The molecule has 100 valence electrons. The van der Waals surface area contributed by atoms with E-state index < -0.39 is 0 Å². The van der Waals surface area contributed by atoms with Gasteiger partial charge in [0.1, 0.15) is 0 Å². The van der Waals surface area contributed by atoms with E-state index in [0.717, 1.165) is 0 Å².